The fourth-order valence-electron chi connectivity index (χ4n) is 5.32. The third kappa shape index (κ3) is 10.9. The molecule has 0 atom stereocenters. The first-order valence-corrected chi connectivity index (χ1v) is 17.7. The molecule has 1 aliphatic rings. The van der Waals surface area contributed by atoms with Crippen molar-refractivity contribution in [3.63, 3.8) is 0 Å². The fraction of sp³-hybridized carbons (Fsp3) is 0.556. The van der Waals surface area contributed by atoms with Crippen LogP contribution in [-0.4, -0.2) is 4.70 Å². The van der Waals surface area contributed by atoms with Gasteiger partial charge in [-0.25, -0.2) is 4.70 Å². The summed E-state index contributed by atoms with van der Waals surface area (Å²) >= 11 is 1.04. The SMILES string of the molecule is CCCCCCCCCCC1=C(c2cccc(C)c2)[N+](=[N-])C(c2cccc(C)c2)=C1CCCC.C[CH2][Pd][CH2]C. The Balaban J connectivity index is 0.000000976. The van der Waals surface area contributed by atoms with Gasteiger partial charge in [0.1, 0.15) is 0 Å². The van der Waals surface area contributed by atoms with Crippen molar-refractivity contribution in [1.29, 1.82) is 0 Å². The normalized spacial score (nSPS) is 13.3. The fourth-order valence-corrected chi connectivity index (χ4v) is 6.09. The molecule has 2 aromatic carbocycles. The molecule has 0 spiro atoms. The molecule has 1 aliphatic heterocycles. The molecule has 39 heavy (non-hydrogen) atoms. The Morgan fingerprint density at radius 2 is 1.03 bits per heavy atom. The molecule has 0 aromatic heterocycles. The second-order valence-electron chi connectivity index (χ2n) is 10.6. The van der Waals surface area contributed by atoms with Gasteiger partial charge in [0.05, 0.1) is 0 Å². The van der Waals surface area contributed by atoms with Crippen LogP contribution in [-0.2, 0) is 18.0 Å². The molecule has 218 valence electrons. The van der Waals surface area contributed by atoms with Gasteiger partial charge in [0.25, 0.3) is 0 Å². The summed E-state index contributed by atoms with van der Waals surface area (Å²) in [7, 11) is 0. The van der Waals surface area contributed by atoms with Gasteiger partial charge >= 0.3 is 41.6 Å². The van der Waals surface area contributed by atoms with E-state index in [-0.39, 0.29) is 0 Å². The zero-order valence-electron chi connectivity index (χ0n) is 25.7. The maximum absolute atomic E-state index is 11.6. The molecule has 0 saturated heterocycles. The number of aryl methyl sites for hydroxylation is 2. The Morgan fingerprint density at radius 1 is 0.590 bits per heavy atom. The van der Waals surface area contributed by atoms with E-state index in [0.717, 1.165) is 66.2 Å². The number of benzene rings is 2. The van der Waals surface area contributed by atoms with E-state index in [9.17, 15) is 5.53 Å². The first-order valence-electron chi connectivity index (χ1n) is 15.5. The Hall–Kier alpha value is -1.82. The number of unbranched alkanes of at least 4 members (excludes halogenated alkanes) is 8. The molecule has 0 aliphatic carbocycles. The van der Waals surface area contributed by atoms with Crippen molar-refractivity contribution in [2.24, 2.45) is 0 Å². The quantitative estimate of drug-likeness (QED) is 0.101. The number of hydrogen-bond acceptors (Lipinski definition) is 0. The van der Waals surface area contributed by atoms with Gasteiger partial charge in [0.15, 0.2) is 0 Å². The minimum absolute atomic E-state index is 0.989. The number of rotatable bonds is 16. The van der Waals surface area contributed by atoms with Crippen LogP contribution in [0.15, 0.2) is 59.7 Å². The zero-order valence-corrected chi connectivity index (χ0v) is 27.3. The molecular weight excluding hydrogens is 567 g/mol. The first kappa shape index (κ1) is 33.4. The van der Waals surface area contributed by atoms with E-state index in [0.29, 0.717) is 0 Å². The van der Waals surface area contributed by atoms with Gasteiger partial charge in [0.2, 0.25) is 11.4 Å². The van der Waals surface area contributed by atoms with Crippen LogP contribution >= 0.6 is 0 Å². The van der Waals surface area contributed by atoms with Gasteiger partial charge in [-0.2, -0.15) is 0 Å². The Morgan fingerprint density at radius 3 is 1.44 bits per heavy atom. The van der Waals surface area contributed by atoms with Crippen molar-refractivity contribution in [3.8, 4) is 0 Å². The number of hydrogen-bond donors (Lipinski definition) is 0. The van der Waals surface area contributed by atoms with Gasteiger partial charge in [0, 0.05) is 22.3 Å². The van der Waals surface area contributed by atoms with Crippen molar-refractivity contribution in [2.45, 2.75) is 128 Å². The van der Waals surface area contributed by atoms with Crippen LogP contribution in [0.5, 0.6) is 0 Å². The molecule has 3 heteroatoms. The van der Waals surface area contributed by atoms with E-state index in [1.54, 1.807) is 0 Å². The molecule has 0 saturated carbocycles. The average molecular weight is 621 g/mol. The van der Waals surface area contributed by atoms with Gasteiger partial charge in [-0.1, -0.05) is 101 Å². The van der Waals surface area contributed by atoms with E-state index in [1.807, 2.05) is 0 Å². The summed E-state index contributed by atoms with van der Waals surface area (Å²) < 4.78 is 1.51. The summed E-state index contributed by atoms with van der Waals surface area (Å²) in [6.07, 6.45) is 14.9. The van der Waals surface area contributed by atoms with E-state index in [4.69, 9.17) is 0 Å². The summed E-state index contributed by atoms with van der Waals surface area (Å²) in [6, 6.07) is 17.2. The molecule has 2 nitrogen and oxygen atoms in total. The maximum atomic E-state index is 11.6. The molecule has 0 bridgehead atoms. The van der Waals surface area contributed by atoms with Crippen LogP contribution in [0.1, 0.15) is 127 Å². The number of allylic oxidation sites excluding steroid dienone is 2. The van der Waals surface area contributed by atoms with Crippen LogP contribution in [0.4, 0.5) is 0 Å². The van der Waals surface area contributed by atoms with E-state index in [2.05, 4.69) is 90.1 Å². The molecule has 0 amide bonds. The Kier molecular flexibility index (Phi) is 16.5. The van der Waals surface area contributed by atoms with Crippen molar-refractivity contribution in [2.75, 3.05) is 0 Å². The third-order valence-electron chi connectivity index (χ3n) is 7.32. The zero-order chi connectivity index (χ0) is 28.5. The van der Waals surface area contributed by atoms with Gasteiger partial charge in [-0.15, -0.1) is 0 Å². The summed E-state index contributed by atoms with van der Waals surface area (Å²) in [5.74, 6) is 0. The third-order valence-corrected chi connectivity index (χ3v) is 8.87. The van der Waals surface area contributed by atoms with Gasteiger partial charge in [-0.3, -0.25) is 0 Å². The van der Waals surface area contributed by atoms with Crippen LogP contribution in [0, 0.1) is 13.8 Å². The van der Waals surface area contributed by atoms with E-state index < -0.39 is 0 Å². The number of nitrogens with zero attached hydrogens (tertiary/aromatic N) is 2. The molecule has 3 rings (SSSR count). The molecule has 2 aromatic rings. The van der Waals surface area contributed by atoms with E-state index >= 15 is 0 Å². The van der Waals surface area contributed by atoms with Crippen LogP contribution in [0.2, 0.25) is 9.79 Å². The van der Waals surface area contributed by atoms with Gasteiger partial charge in [-0.05, 0) is 63.8 Å². The molecule has 0 fully saturated rings. The minimum atomic E-state index is 0.989. The first-order chi connectivity index (χ1) is 19.0. The Bertz CT molecular complexity index is 1080. The van der Waals surface area contributed by atoms with Gasteiger partial charge < -0.3 is 5.53 Å². The topological polar surface area (TPSA) is 25.3 Å². The molecular formula is C36H54N2Pd. The summed E-state index contributed by atoms with van der Waals surface area (Å²) in [5.41, 5.74) is 21.0. The molecule has 1 heterocycles. The van der Waals surface area contributed by atoms with Crippen molar-refractivity contribution in [3.05, 3.63) is 87.5 Å². The predicted octanol–water partition coefficient (Wildman–Crippen LogP) is 12.1. The van der Waals surface area contributed by atoms with Crippen LogP contribution < -0.4 is 0 Å². The molecule has 0 unspecified atom stereocenters. The summed E-state index contributed by atoms with van der Waals surface area (Å²) in [5, 5.41) is 0. The standard InChI is InChI=1S/C32H44N2.2C2H5.Pd/c1-5-7-9-10-11-12-13-14-22-30-29(21-8-6-2)31(27-19-15-17-25(3)23-27)34(33)32(30)28-20-16-18-26(4)24-28;2*1-2;/h15-20,23-24H,5-14,21-22H2,1-4H3;2*1H2,2H3;. The van der Waals surface area contributed by atoms with Crippen LogP contribution in [0.3, 0.4) is 0 Å². The van der Waals surface area contributed by atoms with E-state index in [1.165, 1.54) is 88.1 Å². The van der Waals surface area contributed by atoms with Crippen molar-refractivity contribution in [1.82, 2.24) is 0 Å². The van der Waals surface area contributed by atoms with Crippen molar-refractivity contribution >= 4 is 11.4 Å². The molecule has 0 N–H and O–H groups in total. The summed E-state index contributed by atoms with van der Waals surface area (Å²) in [4.78, 5) is 2.79. The summed E-state index contributed by atoms with van der Waals surface area (Å²) in [6.45, 7) is 13.3. The molecule has 0 radical (unpaired) electrons. The second-order valence-corrected chi connectivity index (χ2v) is 13.6. The van der Waals surface area contributed by atoms with Crippen LogP contribution in [0.25, 0.3) is 16.9 Å². The monoisotopic (exact) mass is 620 g/mol. The second kappa shape index (κ2) is 19.3. The Labute approximate surface area is 249 Å². The predicted molar refractivity (Wildman–Crippen MR) is 168 cm³/mol. The average Bonchev–Trinajstić information content (AvgIpc) is 3.20. The van der Waals surface area contributed by atoms with Crippen molar-refractivity contribution < 1.29 is 22.7 Å².